The van der Waals surface area contributed by atoms with Crippen molar-refractivity contribution in [1.82, 2.24) is 10.6 Å². The fourth-order valence-electron chi connectivity index (χ4n) is 2.97. The highest BCUT2D eigenvalue weighted by atomic mass is 32.2. The molecular formula is C26H32N2O6S. The number of ether oxygens (including phenoxy) is 2. The number of hydrogen-bond acceptors (Lipinski definition) is 6. The Morgan fingerprint density at radius 2 is 1.06 bits per heavy atom. The number of carbonyl (C=O) groups is 2. The molecule has 0 aliphatic carbocycles. The molecule has 0 aliphatic heterocycles. The number of carbonyl (C=O) groups excluding carboxylic acids is 2. The summed E-state index contributed by atoms with van der Waals surface area (Å²) >= 11 is 0. The molecule has 0 heterocycles. The van der Waals surface area contributed by atoms with Crippen molar-refractivity contribution >= 4 is 21.7 Å². The average molecular weight is 501 g/mol. The number of hydrogen-bond donors (Lipinski definition) is 2. The average Bonchev–Trinajstić information content (AvgIpc) is 2.88. The monoisotopic (exact) mass is 500 g/mol. The number of benzene rings is 2. The van der Waals surface area contributed by atoms with Gasteiger partial charge in [-0.25, -0.2) is 8.42 Å². The molecule has 2 aromatic rings. The van der Waals surface area contributed by atoms with Gasteiger partial charge in [-0.3, -0.25) is 9.59 Å². The molecule has 2 amide bonds. The molecule has 0 spiro atoms. The lowest BCUT2D eigenvalue weighted by atomic mass is 10.3. The number of nitrogens with one attached hydrogen (secondary N) is 2. The lowest BCUT2D eigenvalue weighted by molar-refractivity contribution is -0.117. The number of rotatable bonds is 16. The van der Waals surface area contributed by atoms with Gasteiger partial charge in [0.25, 0.3) is 0 Å². The summed E-state index contributed by atoms with van der Waals surface area (Å²) in [5.41, 5.74) is 0. The minimum Gasteiger partial charge on any atom is -0.494 e. The lowest BCUT2D eigenvalue weighted by Gasteiger charge is -2.10. The normalized spacial score (nSPS) is 10.7. The first kappa shape index (κ1) is 27.7. The highest BCUT2D eigenvalue weighted by molar-refractivity contribution is 7.91. The van der Waals surface area contributed by atoms with E-state index in [4.69, 9.17) is 9.47 Å². The third kappa shape index (κ3) is 9.66. The molecule has 2 rings (SSSR count). The molecule has 0 aliphatic rings. The van der Waals surface area contributed by atoms with E-state index in [9.17, 15) is 18.0 Å². The molecular weight excluding hydrogens is 468 g/mol. The molecule has 0 aromatic heterocycles. The zero-order valence-corrected chi connectivity index (χ0v) is 20.5. The Labute approximate surface area is 206 Å². The molecule has 188 valence electrons. The Morgan fingerprint density at radius 3 is 1.40 bits per heavy atom. The summed E-state index contributed by atoms with van der Waals surface area (Å²) in [4.78, 5) is 22.5. The molecule has 0 radical (unpaired) electrons. The summed E-state index contributed by atoms with van der Waals surface area (Å²) in [6, 6.07) is 12.6. The van der Waals surface area contributed by atoms with E-state index in [0.29, 0.717) is 37.8 Å². The summed E-state index contributed by atoms with van der Waals surface area (Å²) < 4.78 is 37.1. The highest BCUT2D eigenvalue weighted by Crippen LogP contribution is 2.25. The maximum Gasteiger partial charge on any atom is 0.243 e. The minimum absolute atomic E-state index is 0.173. The van der Waals surface area contributed by atoms with E-state index in [0.717, 1.165) is 25.7 Å². The molecule has 0 saturated carbocycles. The van der Waals surface area contributed by atoms with Crippen LogP contribution in [0.5, 0.6) is 11.5 Å². The van der Waals surface area contributed by atoms with Gasteiger partial charge in [0, 0.05) is 13.1 Å². The van der Waals surface area contributed by atoms with E-state index < -0.39 is 9.84 Å². The van der Waals surface area contributed by atoms with Gasteiger partial charge in [0.15, 0.2) is 0 Å². The van der Waals surface area contributed by atoms with Crippen LogP contribution in [0.15, 0.2) is 83.6 Å². The van der Waals surface area contributed by atoms with Crippen molar-refractivity contribution in [2.24, 2.45) is 0 Å². The van der Waals surface area contributed by atoms with E-state index >= 15 is 0 Å². The first-order valence-electron chi connectivity index (χ1n) is 11.4. The van der Waals surface area contributed by atoms with Gasteiger partial charge in [-0.1, -0.05) is 13.2 Å². The molecule has 2 N–H and O–H groups in total. The van der Waals surface area contributed by atoms with Gasteiger partial charge in [0.05, 0.1) is 23.0 Å². The zero-order valence-electron chi connectivity index (χ0n) is 19.7. The Morgan fingerprint density at radius 1 is 0.686 bits per heavy atom. The molecule has 2 aromatic carbocycles. The summed E-state index contributed by atoms with van der Waals surface area (Å²) in [6.45, 7) is 8.79. The van der Waals surface area contributed by atoms with E-state index in [-0.39, 0.29) is 21.6 Å². The summed E-state index contributed by atoms with van der Waals surface area (Å²) in [6.07, 6.45) is 5.48. The SMILES string of the molecule is C=CC(=O)NCCCCOc1ccc(S(=O)(=O)c2ccc(OCCCCNC(=O)C=C)cc2)cc1. The van der Waals surface area contributed by atoms with Crippen molar-refractivity contribution in [1.29, 1.82) is 0 Å². The Kier molecular flexibility index (Phi) is 11.6. The predicted octanol–water partition coefficient (Wildman–Crippen LogP) is 3.44. The van der Waals surface area contributed by atoms with Gasteiger partial charge in [-0.05, 0) is 86.4 Å². The highest BCUT2D eigenvalue weighted by Gasteiger charge is 2.17. The fourth-order valence-corrected chi connectivity index (χ4v) is 4.23. The van der Waals surface area contributed by atoms with E-state index in [1.54, 1.807) is 24.3 Å². The van der Waals surface area contributed by atoms with Crippen LogP contribution in [-0.4, -0.2) is 46.5 Å². The van der Waals surface area contributed by atoms with Crippen LogP contribution in [0.4, 0.5) is 0 Å². The van der Waals surface area contributed by atoms with Crippen LogP contribution in [0.1, 0.15) is 25.7 Å². The third-order valence-corrected chi connectivity index (χ3v) is 6.70. The molecule has 0 fully saturated rings. The Hall–Kier alpha value is -3.59. The van der Waals surface area contributed by atoms with Crippen molar-refractivity contribution in [3.63, 3.8) is 0 Å². The maximum atomic E-state index is 12.9. The first-order chi connectivity index (χ1) is 16.9. The molecule has 9 heteroatoms. The molecule has 0 bridgehead atoms. The van der Waals surface area contributed by atoms with Crippen LogP contribution in [0.25, 0.3) is 0 Å². The summed E-state index contributed by atoms with van der Waals surface area (Å²) in [5, 5.41) is 5.39. The Bertz CT molecular complexity index is 998. The second-order valence-electron chi connectivity index (χ2n) is 7.55. The van der Waals surface area contributed by atoms with Crippen molar-refractivity contribution in [3.05, 3.63) is 73.8 Å². The van der Waals surface area contributed by atoms with Gasteiger partial charge in [-0.15, -0.1) is 0 Å². The van der Waals surface area contributed by atoms with Gasteiger partial charge in [0.1, 0.15) is 11.5 Å². The second-order valence-corrected chi connectivity index (χ2v) is 9.50. The Balaban J connectivity index is 1.78. The van der Waals surface area contributed by atoms with Crippen LogP contribution in [0.3, 0.4) is 0 Å². The third-order valence-electron chi connectivity index (χ3n) is 4.92. The van der Waals surface area contributed by atoms with Crippen molar-refractivity contribution in [2.75, 3.05) is 26.3 Å². The molecule has 35 heavy (non-hydrogen) atoms. The topological polar surface area (TPSA) is 111 Å². The molecule has 8 nitrogen and oxygen atoms in total. The van der Waals surface area contributed by atoms with Gasteiger partial charge in [-0.2, -0.15) is 0 Å². The summed E-state index contributed by atoms with van der Waals surface area (Å²) in [5.74, 6) is 0.749. The second kappa shape index (κ2) is 14.6. The van der Waals surface area contributed by atoms with Crippen molar-refractivity contribution < 1.29 is 27.5 Å². The first-order valence-corrected chi connectivity index (χ1v) is 12.9. The van der Waals surface area contributed by atoms with E-state index in [2.05, 4.69) is 23.8 Å². The molecule has 0 atom stereocenters. The van der Waals surface area contributed by atoms with Gasteiger partial charge < -0.3 is 20.1 Å². The van der Waals surface area contributed by atoms with E-state index in [1.807, 2.05) is 0 Å². The van der Waals surface area contributed by atoms with Crippen LogP contribution < -0.4 is 20.1 Å². The van der Waals surface area contributed by atoms with Crippen LogP contribution in [-0.2, 0) is 19.4 Å². The smallest absolute Gasteiger partial charge is 0.243 e. The van der Waals surface area contributed by atoms with Crippen LogP contribution >= 0.6 is 0 Å². The van der Waals surface area contributed by atoms with Crippen LogP contribution in [0, 0.1) is 0 Å². The summed E-state index contributed by atoms with van der Waals surface area (Å²) in [7, 11) is -3.67. The number of unbranched alkanes of at least 4 members (excludes halogenated alkanes) is 2. The fraction of sp³-hybridized carbons (Fsp3) is 0.308. The van der Waals surface area contributed by atoms with Crippen molar-refractivity contribution in [3.8, 4) is 11.5 Å². The number of sulfone groups is 1. The quantitative estimate of drug-likeness (QED) is 0.270. The predicted molar refractivity (Wildman–Crippen MR) is 134 cm³/mol. The maximum absolute atomic E-state index is 12.9. The van der Waals surface area contributed by atoms with Gasteiger partial charge in [0.2, 0.25) is 21.7 Å². The zero-order chi connectivity index (χ0) is 25.5. The largest absolute Gasteiger partial charge is 0.494 e. The molecule has 0 saturated heterocycles. The minimum atomic E-state index is -3.67. The standard InChI is InChI=1S/C26H32N2O6S/c1-3-25(29)27-17-5-7-19-33-21-9-13-23(14-10-21)35(31,32)24-15-11-22(12-16-24)34-20-8-6-18-28-26(30)4-2/h3-4,9-16H,1-2,5-8,17-20H2,(H,27,29)(H,28,30). The van der Waals surface area contributed by atoms with Gasteiger partial charge >= 0.3 is 0 Å². The molecule has 0 unspecified atom stereocenters. The lowest BCUT2D eigenvalue weighted by Crippen LogP contribution is -2.22. The van der Waals surface area contributed by atoms with Crippen molar-refractivity contribution in [2.45, 2.75) is 35.5 Å². The van der Waals surface area contributed by atoms with E-state index in [1.165, 1.54) is 36.4 Å². The van der Waals surface area contributed by atoms with Crippen LogP contribution in [0.2, 0.25) is 0 Å². The number of amides is 2.